The van der Waals surface area contributed by atoms with E-state index >= 15 is 0 Å². The first-order chi connectivity index (χ1) is 56.8. The highest BCUT2D eigenvalue weighted by atomic mass is 79.9. The Hall–Kier alpha value is -3.45. The Morgan fingerprint density at radius 3 is 0.730 bits per heavy atom. The number of carboxylic acids is 1. The van der Waals surface area contributed by atoms with Gasteiger partial charge in [0.2, 0.25) is 0 Å². The first kappa shape index (κ1) is 122. The number of hydrogen-bond donors (Lipinski definition) is 5. The molecule has 0 radical (unpaired) electrons. The molecule has 0 bridgehead atoms. The monoisotopic (exact) mass is 1670 g/mol. The van der Waals surface area contributed by atoms with Gasteiger partial charge in [0.1, 0.15) is 0 Å². The molecule has 5 N–H and O–H groups in total. The minimum Gasteiger partial charge on any atom is -0.481 e. The van der Waals surface area contributed by atoms with Gasteiger partial charge in [-0.25, -0.2) is 0 Å². The smallest absolute Gasteiger partial charge is 0.303 e. The van der Waals surface area contributed by atoms with E-state index in [1.165, 1.54) is 405 Å². The zero-order chi connectivity index (χ0) is 85.0. The normalized spacial score (nSPS) is 10.7. The van der Waals surface area contributed by atoms with E-state index in [9.17, 15) is 4.79 Å². The van der Waals surface area contributed by atoms with Crippen LogP contribution in [-0.4, -0.2) is 63.3 Å². The molecule has 0 unspecified atom stereocenters. The maximum absolute atomic E-state index is 10.4. The molecule has 0 saturated heterocycles. The molecular formula is C108H197BrO6. The molecule has 0 aromatic heterocycles. The van der Waals surface area contributed by atoms with Crippen LogP contribution in [0.15, 0.2) is 48.6 Å². The summed E-state index contributed by atoms with van der Waals surface area (Å²) in [6.07, 6.45) is 123. The van der Waals surface area contributed by atoms with Crippen LogP contribution < -0.4 is 0 Å². The molecule has 0 spiro atoms. The van der Waals surface area contributed by atoms with Crippen molar-refractivity contribution in [3.05, 3.63) is 48.6 Å². The number of halogens is 1. The van der Waals surface area contributed by atoms with Crippen LogP contribution >= 0.6 is 15.9 Å². The second-order valence-corrected chi connectivity index (χ2v) is 32.8. The van der Waals surface area contributed by atoms with Crippen molar-refractivity contribution in [1.29, 1.82) is 0 Å². The van der Waals surface area contributed by atoms with Crippen molar-refractivity contribution in [1.82, 2.24) is 0 Å². The molecule has 672 valence electrons. The minimum atomic E-state index is -0.657. The van der Waals surface area contributed by atoms with Crippen molar-refractivity contribution in [2.45, 2.75) is 542 Å². The van der Waals surface area contributed by atoms with Crippen LogP contribution in [0.1, 0.15) is 542 Å². The summed E-state index contributed by atoms with van der Waals surface area (Å²) in [4.78, 5) is 10.4. The van der Waals surface area contributed by atoms with Gasteiger partial charge in [0.15, 0.2) is 0 Å². The van der Waals surface area contributed by atoms with Crippen LogP contribution in [0.3, 0.4) is 0 Å². The predicted octanol–water partition coefficient (Wildman–Crippen LogP) is 34.2. The van der Waals surface area contributed by atoms with E-state index in [0.29, 0.717) is 32.8 Å². The number of carbonyl (C=O) groups is 1. The minimum absolute atomic E-state index is 0.337. The lowest BCUT2D eigenvalue weighted by molar-refractivity contribution is -0.137. The molecule has 0 aliphatic rings. The van der Waals surface area contributed by atoms with Crippen molar-refractivity contribution in [2.24, 2.45) is 0 Å². The molecule has 6 nitrogen and oxygen atoms in total. The molecule has 0 aromatic carbocycles. The average molecular weight is 1670 g/mol. The Labute approximate surface area is 729 Å². The maximum atomic E-state index is 10.4. The Balaban J connectivity index is -0.000000317. The van der Waals surface area contributed by atoms with Gasteiger partial charge in [0.25, 0.3) is 0 Å². The van der Waals surface area contributed by atoms with E-state index in [2.05, 4.69) is 146 Å². The summed E-state index contributed by atoms with van der Waals surface area (Å²) in [5.41, 5.74) is 0. The highest BCUT2D eigenvalue weighted by Gasteiger charge is 2.00. The lowest BCUT2D eigenvalue weighted by atomic mass is 10.0. The van der Waals surface area contributed by atoms with Gasteiger partial charge in [-0.05, 0) is 135 Å². The molecule has 0 aliphatic carbocycles. The van der Waals surface area contributed by atoms with E-state index in [1.54, 1.807) is 0 Å². The zero-order valence-corrected chi connectivity index (χ0v) is 79.2. The molecule has 0 saturated carbocycles. The van der Waals surface area contributed by atoms with Crippen LogP contribution in [0.4, 0.5) is 0 Å². The molecule has 115 heavy (non-hydrogen) atoms. The van der Waals surface area contributed by atoms with Gasteiger partial charge in [-0.2, -0.15) is 0 Å². The Morgan fingerprint density at radius 1 is 0.261 bits per heavy atom. The van der Waals surface area contributed by atoms with Gasteiger partial charge in [-0.3, -0.25) is 4.79 Å². The number of aliphatic carboxylic acids is 1. The van der Waals surface area contributed by atoms with Crippen molar-refractivity contribution < 1.29 is 30.3 Å². The van der Waals surface area contributed by atoms with Gasteiger partial charge in [0, 0.05) is 65.0 Å². The molecule has 0 aromatic rings. The summed E-state index contributed by atoms with van der Waals surface area (Å²) in [5, 5.41) is 44.0. The van der Waals surface area contributed by atoms with Crippen molar-refractivity contribution in [3.63, 3.8) is 0 Å². The summed E-state index contributed by atoms with van der Waals surface area (Å²) < 4.78 is 0. The molecule has 0 heterocycles. The van der Waals surface area contributed by atoms with Gasteiger partial charge in [-0.15, -0.1) is 41.9 Å². The Kier molecular flexibility index (Phi) is 140. The molecule has 7 heteroatoms. The predicted molar refractivity (Wildman–Crippen MR) is 519 cm³/mol. The Bertz CT molecular complexity index is 2160. The van der Waals surface area contributed by atoms with Gasteiger partial charge >= 0.3 is 5.97 Å². The number of unbranched alkanes of at least 4 members (excludes halogenated alkanes) is 66. The quantitative estimate of drug-likeness (QED) is 0.0179. The van der Waals surface area contributed by atoms with Gasteiger partial charge in [-0.1, -0.05) is 444 Å². The first-order valence-electron chi connectivity index (χ1n) is 49.9. The third-order valence-corrected chi connectivity index (χ3v) is 21.0. The highest BCUT2D eigenvalue weighted by Crippen LogP contribution is 2.18. The molecular weight excluding hydrogens is 1470 g/mol. The maximum Gasteiger partial charge on any atom is 0.303 e. The number of terminal acetylenes is 1. The van der Waals surface area contributed by atoms with Crippen molar-refractivity contribution >= 4 is 21.9 Å². The van der Waals surface area contributed by atoms with E-state index < -0.39 is 5.97 Å². The van der Waals surface area contributed by atoms with E-state index in [0.717, 1.165) is 102 Å². The van der Waals surface area contributed by atoms with Crippen LogP contribution in [0.2, 0.25) is 0 Å². The van der Waals surface area contributed by atoms with Crippen LogP contribution in [0.25, 0.3) is 0 Å². The lowest BCUT2D eigenvalue weighted by Gasteiger charge is -2.02. The SMILES string of the molecule is C#CCCCCCCCCCCCCCCO.CC#CCC#CCCCCCCCCCCCCCCO.CCCCC/C=C\C/C=C\CCCCCCCCCCCCCC(=O)O.CCCCC/C=C\C/C=C\CCCCCCCCCCCCCCO.CCCCCC#CCBr.CCCCCCCCC#CCCCCCCO. The Morgan fingerprint density at radius 2 is 0.470 bits per heavy atom. The molecule has 0 atom stereocenters. The summed E-state index contributed by atoms with van der Waals surface area (Å²) >= 11 is 3.24. The number of aliphatic hydroxyl groups is 4. The van der Waals surface area contributed by atoms with Crippen LogP contribution in [0, 0.1) is 59.7 Å². The molecule has 0 aliphatic heterocycles. The summed E-state index contributed by atoms with van der Waals surface area (Å²) in [7, 11) is 0. The number of carboxylic acid groups (broad SMARTS) is 1. The van der Waals surface area contributed by atoms with E-state index in [1.807, 2.05) is 6.92 Å². The van der Waals surface area contributed by atoms with Crippen molar-refractivity contribution in [2.75, 3.05) is 31.8 Å². The topological polar surface area (TPSA) is 118 Å². The number of aliphatic hydroxyl groups excluding tert-OH is 4. The number of alkyl halides is 1. The third-order valence-electron chi connectivity index (χ3n) is 20.7. The largest absolute Gasteiger partial charge is 0.481 e. The summed E-state index contributed by atoms with van der Waals surface area (Å²) in [6.45, 7) is 12.3. The molecule has 0 rings (SSSR count). The lowest BCUT2D eigenvalue weighted by Crippen LogP contribution is -1.93. The fraction of sp³-hybridized carbons (Fsp3) is 0.824. The second kappa shape index (κ2) is 131. The fourth-order valence-electron chi connectivity index (χ4n) is 13.2. The van der Waals surface area contributed by atoms with Gasteiger partial charge < -0.3 is 25.5 Å². The van der Waals surface area contributed by atoms with E-state index in [-0.39, 0.29) is 0 Å². The summed E-state index contributed by atoms with van der Waals surface area (Å²) in [6, 6.07) is 0. The average Bonchev–Trinajstić information content (AvgIpc) is 3.93. The van der Waals surface area contributed by atoms with E-state index in [4.69, 9.17) is 32.0 Å². The number of allylic oxidation sites excluding steroid dienone is 8. The van der Waals surface area contributed by atoms with Gasteiger partial charge in [0.05, 0.1) is 11.8 Å². The molecule has 0 amide bonds. The first-order valence-corrected chi connectivity index (χ1v) is 51.0. The molecule has 0 fully saturated rings. The third kappa shape index (κ3) is 149. The number of rotatable bonds is 80. The number of hydrogen-bond acceptors (Lipinski definition) is 5. The summed E-state index contributed by atoms with van der Waals surface area (Å²) in [5.74, 6) is 26.7. The highest BCUT2D eigenvalue weighted by molar-refractivity contribution is 9.09. The van der Waals surface area contributed by atoms with Crippen LogP contribution in [-0.2, 0) is 4.79 Å². The van der Waals surface area contributed by atoms with Crippen LogP contribution in [0.5, 0.6) is 0 Å². The second-order valence-electron chi connectivity index (χ2n) is 32.2. The fourth-order valence-corrected chi connectivity index (χ4v) is 13.4. The standard InChI is InChI=1S/C24H44O2.C24H46O.C20H34O.2C16H30O.C8H13Br/c1-2-3-4-5-6-7-8-9-10-11-12-13-14-15-16-17-18-19-20-21-22-23-24(25)26;1-2-3-4-5-6-7-8-9-10-11-12-13-14-15-16-17-18-19-20-21-22-23-24-25;1-2-3-4-5-6-7-8-9-10-11-12-13-14-15-16-17-18-19-20-21;2*1-2-3-4-5-6-7-8-9-10-11-12-13-14-15-16-17;1-2-3-4-5-6-7-8-9/h6-7,9-10H,2-5,8,11-23H2,1H3,(H,25,26);6-7,9-10,25H,2-5,8,11-24H2,1H3;21H,4,7-20H2,1H3;17H,2-8,11-16H2,1H3;1,17H,3-16H2;2-5,8H2,1H3/b2*7-6-,10-9-;;;;. The zero-order valence-electron chi connectivity index (χ0n) is 77.6. The van der Waals surface area contributed by atoms with Crippen molar-refractivity contribution in [3.8, 4) is 59.7 Å².